The fourth-order valence-corrected chi connectivity index (χ4v) is 2.27. The van der Waals surface area contributed by atoms with Crippen LogP contribution >= 0.6 is 0 Å². The van der Waals surface area contributed by atoms with Gasteiger partial charge in [0, 0.05) is 17.1 Å². The van der Waals surface area contributed by atoms with Gasteiger partial charge in [-0.1, -0.05) is 6.07 Å². The summed E-state index contributed by atoms with van der Waals surface area (Å²) in [5.41, 5.74) is 0.620. The van der Waals surface area contributed by atoms with Gasteiger partial charge in [0.25, 0.3) is 10.1 Å². The first-order valence-electron chi connectivity index (χ1n) is 5.33. The number of rotatable bonds is 4. The molecule has 0 radical (unpaired) electrons. The summed E-state index contributed by atoms with van der Waals surface area (Å²) in [6.45, 7) is 0.134. The van der Waals surface area contributed by atoms with Gasteiger partial charge in [0.15, 0.2) is 0 Å². The predicted octanol–water partition coefficient (Wildman–Crippen LogP) is 1.40. The van der Waals surface area contributed by atoms with Crippen molar-refractivity contribution < 1.29 is 22.9 Å². The lowest BCUT2D eigenvalue weighted by Crippen LogP contribution is -2.02. The molecule has 2 aromatic carbocycles. The Morgan fingerprint density at radius 1 is 1.21 bits per heavy atom. The maximum atomic E-state index is 11.0. The summed E-state index contributed by atoms with van der Waals surface area (Å²) in [6, 6.07) is 7.03. The fourth-order valence-electron chi connectivity index (χ4n) is 1.73. The average molecular weight is 281 g/mol. The van der Waals surface area contributed by atoms with Gasteiger partial charge < -0.3 is 15.2 Å². The van der Waals surface area contributed by atoms with Crippen LogP contribution < -0.4 is 5.32 Å². The van der Waals surface area contributed by atoms with Crippen LogP contribution in [0.3, 0.4) is 0 Å². The molecule has 7 heteroatoms. The van der Waals surface area contributed by atoms with E-state index >= 15 is 0 Å². The van der Waals surface area contributed by atoms with E-state index in [4.69, 9.17) is 4.55 Å². The van der Waals surface area contributed by atoms with E-state index in [0.29, 0.717) is 22.7 Å². The number of aromatic hydroxyl groups is 1. The second-order valence-electron chi connectivity index (χ2n) is 3.90. The molecule has 0 bridgehead atoms. The van der Waals surface area contributed by atoms with E-state index < -0.39 is 10.1 Å². The molecule has 2 aromatic rings. The van der Waals surface area contributed by atoms with Gasteiger partial charge in [-0.15, -0.1) is 0 Å². The lowest BCUT2D eigenvalue weighted by molar-refractivity contribution is -0.106. The van der Waals surface area contributed by atoms with Crippen molar-refractivity contribution >= 4 is 32.9 Å². The van der Waals surface area contributed by atoms with Gasteiger partial charge >= 0.3 is 0 Å². The molecule has 0 aliphatic heterocycles. The minimum absolute atomic E-state index is 0.134. The number of carbonyl (C=O) groups is 1. The molecule has 0 atom stereocenters. The number of hydrogen-bond acceptors (Lipinski definition) is 5. The molecule has 0 saturated heterocycles. The second kappa shape index (κ2) is 4.87. The SMILES string of the molecule is O=CCNc1ccc2cc(S(=O)(=O)O)cc(O)c2c1. The molecular weight excluding hydrogens is 270 g/mol. The van der Waals surface area contributed by atoms with Crippen LogP contribution in [0.1, 0.15) is 0 Å². The minimum Gasteiger partial charge on any atom is -0.507 e. The second-order valence-corrected chi connectivity index (χ2v) is 5.32. The van der Waals surface area contributed by atoms with E-state index in [1.54, 1.807) is 18.2 Å². The summed E-state index contributed by atoms with van der Waals surface area (Å²) < 4.78 is 31.0. The summed E-state index contributed by atoms with van der Waals surface area (Å²) >= 11 is 0. The number of anilines is 1. The highest BCUT2D eigenvalue weighted by Crippen LogP contribution is 2.30. The Kier molecular flexibility index (Phi) is 3.41. The predicted molar refractivity (Wildman–Crippen MR) is 70.0 cm³/mol. The molecular formula is C12H11NO5S. The van der Waals surface area contributed by atoms with Gasteiger partial charge in [-0.2, -0.15) is 8.42 Å². The van der Waals surface area contributed by atoms with Crippen molar-refractivity contribution in [2.24, 2.45) is 0 Å². The maximum absolute atomic E-state index is 11.0. The van der Waals surface area contributed by atoms with E-state index in [-0.39, 0.29) is 17.2 Å². The largest absolute Gasteiger partial charge is 0.507 e. The molecule has 0 unspecified atom stereocenters. The number of aldehydes is 1. The van der Waals surface area contributed by atoms with Crippen molar-refractivity contribution in [2.45, 2.75) is 4.90 Å². The quantitative estimate of drug-likeness (QED) is 0.578. The molecule has 0 aliphatic carbocycles. The number of carbonyl (C=O) groups excluding carboxylic acids is 1. The summed E-state index contributed by atoms with van der Waals surface area (Å²) in [5.74, 6) is -0.264. The first-order chi connectivity index (χ1) is 8.91. The highest BCUT2D eigenvalue weighted by Gasteiger charge is 2.13. The van der Waals surface area contributed by atoms with Crippen LogP contribution in [-0.4, -0.2) is 30.9 Å². The Hall–Kier alpha value is -2.12. The molecule has 19 heavy (non-hydrogen) atoms. The Bertz CT molecular complexity index is 739. The third kappa shape index (κ3) is 2.83. The van der Waals surface area contributed by atoms with Crippen molar-refractivity contribution in [3.63, 3.8) is 0 Å². The lowest BCUT2D eigenvalue weighted by atomic mass is 10.1. The molecule has 6 nitrogen and oxygen atoms in total. The highest BCUT2D eigenvalue weighted by molar-refractivity contribution is 7.85. The molecule has 0 aromatic heterocycles. The van der Waals surface area contributed by atoms with Gasteiger partial charge in [0.1, 0.15) is 12.0 Å². The van der Waals surface area contributed by atoms with E-state index in [0.717, 1.165) is 6.07 Å². The van der Waals surface area contributed by atoms with Crippen LogP contribution in [0, 0.1) is 0 Å². The van der Waals surface area contributed by atoms with Crippen molar-refractivity contribution in [3.05, 3.63) is 30.3 Å². The molecule has 0 amide bonds. The molecule has 100 valence electrons. The van der Waals surface area contributed by atoms with E-state index in [1.807, 2.05) is 0 Å². The zero-order valence-electron chi connectivity index (χ0n) is 9.70. The standard InChI is InChI=1S/C12H11NO5S/c14-4-3-13-9-2-1-8-5-10(19(16,17)18)7-12(15)11(8)6-9/h1-2,4-7,13,15H,3H2,(H,16,17,18). The van der Waals surface area contributed by atoms with Crippen molar-refractivity contribution in [1.29, 1.82) is 0 Å². The minimum atomic E-state index is -4.36. The number of phenolic OH excluding ortho intramolecular Hbond substituents is 1. The van der Waals surface area contributed by atoms with E-state index in [2.05, 4.69) is 5.32 Å². The molecule has 0 saturated carbocycles. The van der Waals surface area contributed by atoms with Gasteiger partial charge in [-0.25, -0.2) is 0 Å². The van der Waals surface area contributed by atoms with Gasteiger partial charge in [0.05, 0.1) is 11.4 Å². The number of benzene rings is 2. The van der Waals surface area contributed by atoms with Crippen LogP contribution in [0.25, 0.3) is 10.8 Å². The first kappa shape index (κ1) is 13.3. The molecule has 0 fully saturated rings. The molecule has 0 aliphatic rings. The van der Waals surface area contributed by atoms with Crippen molar-refractivity contribution in [3.8, 4) is 5.75 Å². The summed E-state index contributed by atoms with van der Waals surface area (Å²) in [7, 11) is -4.36. The number of hydrogen-bond donors (Lipinski definition) is 3. The number of fused-ring (bicyclic) bond motifs is 1. The lowest BCUT2D eigenvalue weighted by Gasteiger charge is -2.07. The van der Waals surface area contributed by atoms with Crippen molar-refractivity contribution in [1.82, 2.24) is 0 Å². The molecule has 2 rings (SSSR count). The smallest absolute Gasteiger partial charge is 0.294 e. The topological polar surface area (TPSA) is 104 Å². The molecule has 3 N–H and O–H groups in total. The van der Waals surface area contributed by atoms with Crippen LogP contribution in [0.2, 0.25) is 0 Å². The van der Waals surface area contributed by atoms with E-state index in [1.165, 1.54) is 6.07 Å². The van der Waals surface area contributed by atoms with Gasteiger partial charge in [-0.05, 0) is 23.6 Å². The summed E-state index contributed by atoms with van der Waals surface area (Å²) in [6.07, 6.45) is 0.700. The van der Waals surface area contributed by atoms with Gasteiger partial charge in [0.2, 0.25) is 0 Å². The Balaban J connectivity index is 2.57. The summed E-state index contributed by atoms with van der Waals surface area (Å²) in [5, 5.41) is 13.5. The number of nitrogens with one attached hydrogen (secondary N) is 1. The zero-order valence-corrected chi connectivity index (χ0v) is 10.5. The normalized spacial score (nSPS) is 11.4. The highest BCUT2D eigenvalue weighted by atomic mass is 32.2. The fraction of sp³-hybridized carbons (Fsp3) is 0.0833. The van der Waals surface area contributed by atoms with Crippen LogP contribution in [0.4, 0.5) is 5.69 Å². The Morgan fingerprint density at radius 2 is 1.95 bits per heavy atom. The maximum Gasteiger partial charge on any atom is 0.294 e. The Morgan fingerprint density at radius 3 is 2.58 bits per heavy atom. The Labute approximate surface area is 109 Å². The summed E-state index contributed by atoms with van der Waals surface area (Å²) in [4.78, 5) is 9.89. The monoisotopic (exact) mass is 281 g/mol. The zero-order chi connectivity index (χ0) is 14.0. The van der Waals surface area contributed by atoms with E-state index in [9.17, 15) is 18.3 Å². The van der Waals surface area contributed by atoms with Gasteiger partial charge in [-0.3, -0.25) is 4.55 Å². The van der Waals surface area contributed by atoms with Crippen LogP contribution in [0.5, 0.6) is 5.75 Å². The third-order valence-corrected chi connectivity index (χ3v) is 3.42. The average Bonchev–Trinajstić information content (AvgIpc) is 2.35. The first-order valence-corrected chi connectivity index (χ1v) is 6.77. The third-order valence-electron chi connectivity index (χ3n) is 2.59. The van der Waals surface area contributed by atoms with Crippen LogP contribution in [0.15, 0.2) is 35.2 Å². The molecule has 0 spiro atoms. The molecule has 0 heterocycles. The van der Waals surface area contributed by atoms with Crippen molar-refractivity contribution in [2.75, 3.05) is 11.9 Å². The van der Waals surface area contributed by atoms with Crippen LogP contribution in [-0.2, 0) is 14.9 Å². The number of phenols is 1.